The minimum absolute atomic E-state index is 0.0855. The lowest BCUT2D eigenvalue weighted by molar-refractivity contribution is 0.159. The number of aliphatic hydroxyl groups excluding tert-OH is 1. The van der Waals surface area contributed by atoms with E-state index in [9.17, 15) is 22.3 Å². The predicted octanol–water partition coefficient (Wildman–Crippen LogP) is 3.71. The van der Waals surface area contributed by atoms with Gasteiger partial charge >= 0.3 is 0 Å². The van der Waals surface area contributed by atoms with Crippen molar-refractivity contribution in [3.8, 4) is 0 Å². The summed E-state index contributed by atoms with van der Waals surface area (Å²) in [5.74, 6) is -0.633. The van der Waals surface area contributed by atoms with Crippen LogP contribution in [0.5, 0.6) is 0 Å². The SMILES string of the molecule is O=S(=O)(c1ccc(Nc2ncc(F)c(Nc3ccc(F)cc3)n2)cc1)N1CCC(CN2CCC(O)C2)CC1. The van der Waals surface area contributed by atoms with E-state index in [2.05, 4.69) is 25.5 Å². The topological polar surface area (TPSA) is 111 Å². The Balaban J connectivity index is 1.19. The second-order valence-corrected chi connectivity index (χ2v) is 11.7. The van der Waals surface area contributed by atoms with Crippen LogP contribution in [0.15, 0.2) is 59.6 Å². The molecule has 2 aliphatic rings. The van der Waals surface area contributed by atoms with Crippen LogP contribution in [0.4, 0.5) is 31.9 Å². The normalized spacial score (nSPS) is 19.5. The van der Waals surface area contributed by atoms with Gasteiger partial charge in [-0.15, -0.1) is 0 Å². The van der Waals surface area contributed by atoms with Gasteiger partial charge < -0.3 is 20.6 Å². The number of nitrogens with one attached hydrogen (secondary N) is 2. The van der Waals surface area contributed by atoms with E-state index in [1.807, 2.05) is 0 Å². The zero-order valence-corrected chi connectivity index (χ0v) is 21.5. The monoisotopic (exact) mass is 544 g/mol. The number of sulfonamides is 1. The molecule has 0 aliphatic carbocycles. The molecule has 3 N–H and O–H groups in total. The number of nitrogens with zero attached hydrogens (tertiary/aromatic N) is 4. The molecule has 2 aromatic carbocycles. The number of anilines is 4. The lowest BCUT2D eigenvalue weighted by atomic mass is 9.98. The van der Waals surface area contributed by atoms with Crippen LogP contribution in [-0.4, -0.2) is 71.5 Å². The highest BCUT2D eigenvalue weighted by Gasteiger charge is 2.31. The van der Waals surface area contributed by atoms with Gasteiger partial charge in [-0.2, -0.15) is 9.29 Å². The minimum Gasteiger partial charge on any atom is -0.392 e. The van der Waals surface area contributed by atoms with Crippen molar-refractivity contribution in [3.05, 3.63) is 66.4 Å². The Bertz CT molecular complexity index is 1350. The summed E-state index contributed by atoms with van der Waals surface area (Å²) in [7, 11) is -3.63. The number of piperidine rings is 1. The van der Waals surface area contributed by atoms with E-state index in [1.165, 1.54) is 40.7 Å². The number of β-amino-alcohol motifs (C(OH)–C–C–N with tert-alkyl or cyclic N) is 1. The summed E-state index contributed by atoms with van der Waals surface area (Å²) >= 11 is 0. The number of rotatable bonds is 8. The summed E-state index contributed by atoms with van der Waals surface area (Å²) in [5, 5.41) is 15.5. The highest BCUT2D eigenvalue weighted by atomic mass is 32.2. The molecular weight excluding hydrogens is 514 g/mol. The van der Waals surface area contributed by atoms with Gasteiger partial charge in [-0.1, -0.05) is 0 Å². The molecule has 1 unspecified atom stereocenters. The van der Waals surface area contributed by atoms with Crippen LogP contribution in [0.2, 0.25) is 0 Å². The van der Waals surface area contributed by atoms with Crippen LogP contribution in [0, 0.1) is 17.6 Å². The van der Waals surface area contributed by atoms with Gasteiger partial charge in [0.05, 0.1) is 17.2 Å². The third kappa shape index (κ3) is 6.26. The molecule has 3 heterocycles. The predicted molar refractivity (Wildman–Crippen MR) is 140 cm³/mol. The van der Waals surface area contributed by atoms with Crippen LogP contribution in [-0.2, 0) is 10.0 Å². The third-order valence-corrected chi connectivity index (χ3v) is 8.85. The van der Waals surface area contributed by atoms with Crippen LogP contribution >= 0.6 is 0 Å². The Morgan fingerprint density at radius 3 is 2.24 bits per heavy atom. The van der Waals surface area contributed by atoms with Gasteiger partial charge in [0.2, 0.25) is 16.0 Å². The number of halogens is 2. The van der Waals surface area contributed by atoms with Crippen LogP contribution in [0.3, 0.4) is 0 Å². The summed E-state index contributed by atoms with van der Waals surface area (Å²) in [6.45, 7) is 3.44. The molecule has 202 valence electrons. The first-order valence-electron chi connectivity index (χ1n) is 12.6. The Morgan fingerprint density at radius 1 is 0.921 bits per heavy atom. The van der Waals surface area contributed by atoms with E-state index in [0.29, 0.717) is 36.9 Å². The van der Waals surface area contributed by atoms with Gasteiger partial charge in [0.25, 0.3) is 0 Å². The Hall–Kier alpha value is -3.19. The third-order valence-electron chi connectivity index (χ3n) is 6.94. The first-order valence-corrected chi connectivity index (χ1v) is 14.0. The summed E-state index contributed by atoms with van der Waals surface area (Å²) in [6, 6.07) is 11.7. The van der Waals surface area contributed by atoms with Gasteiger partial charge in [0, 0.05) is 44.1 Å². The standard InChI is InChI=1S/C26H30F2N6O3S/c27-19-1-3-20(4-2-19)30-25-24(28)15-29-26(32-25)31-21-5-7-23(8-6-21)38(36,37)34-13-9-18(10-14-34)16-33-12-11-22(35)17-33/h1-8,15,18,22,35H,9-14,16-17H2,(H2,29,30,31,32). The van der Waals surface area contributed by atoms with Crippen molar-refractivity contribution < 1.29 is 22.3 Å². The molecule has 0 bridgehead atoms. The number of likely N-dealkylation sites (tertiary alicyclic amines) is 1. The van der Waals surface area contributed by atoms with Crippen LogP contribution in [0.25, 0.3) is 0 Å². The maximum atomic E-state index is 14.2. The van der Waals surface area contributed by atoms with Crippen molar-refractivity contribution in [2.75, 3.05) is 43.4 Å². The fraction of sp³-hybridized carbons (Fsp3) is 0.385. The number of aromatic nitrogens is 2. The van der Waals surface area contributed by atoms with E-state index in [1.54, 1.807) is 12.1 Å². The molecule has 0 spiro atoms. The number of aliphatic hydroxyl groups is 1. The largest absolute Gasteiger partial charge is 0.392 e. The Morgan fingerprint density at radius 2 is 1.58 bits per heavy atom. The Labute approximate surface area is 220 Å². The van der Waals surface area contributed by atoms with E-state index < -0.39 is 21.7 Å². The summed E-state index contributed by atoms with van der Waals surface area (Å²) < 4.78 is 55.2. The summed E-state index contributed by atoms with van der Waals surface area (Å²) in [4.78, 5) is 10.5. The average molecular weight is 545 g/mol. The van der Waals surface area contributed by atoms with Gasteiger partial charge in [-0.25, -0.2) is 22.2 Å². The van der Waals surface area contributed by atoms with Gasteiger partial charge in [-0.3, -0.25) is 0 Å². The zero-order valence-electron chi connectivity index (χ0n) is 20.7. The first-order chi connectivity index (χ1) is 18.3. The van der Waals surface area contributed by atoms with Crippen molar-refractivity contribution in [1.29, 1.82) is 0 Å². The van der Waals surface area contributed by atoms with Crippen LogP contribution < -0.4 is 10.6 Å². The molecule has 9 nitrogen and oxygen atoms in total. The fourth-order valence-electron chi connectivity index (χ4n) is 4.85. The highest BCUT2D eigenvalue weighted by Crippen LogP contribution is 2.27. The lowest BCUT2D eigenvalue weighted by Crippen LogP contribution is -2.41. The number of benzene rings is 2. The van der Waals surface area contributed by atoms with Crippen molar-refractivity contribution in [2.45, 2.75) is 30.3 Å². The van der Waals surface area contributed by atoms with Crippen molar-refractivity contribution >= 4 is 33.2 Å². The minimum atomic E-state index is -3.63. The molecule has 12 heteroatoms. The van der Waals surface area contributed by atoms with E-state index in [4.69, 9.17) is 0 Å². The smallest absolute Gasteiger partial charge is 0.243 e. The van der Waals surface area contributed by atoms with Gasteiger partial charge in [0.1, 0.15) is 5.82 Å². The second-order valence-electron chi connectivity index (χ2n) is 9.72. The highest BCUT2D eigenvalue weighted by molar-refractivity contribution is 7.89. The van der Waals surface area contributed by atoms with E-state index in [0.717, 1.165) is 38.5 Å². The molecule has 2 aliphatic heterocycles. The number of hydrogen-bond donors (Lipinski definition) is 3. The van der Waals surface area contributed by atoms with Gasteiger partial charge in [-0.05, 0) is 73.7 Å². The summed E-state index contributed by atoms with van der Waals surface area (Å²) in [5.41, 5.74) is 0.998. The molecule has 38 heavy (non-hydrogen) atoms. The van der Waals surface area contributed by atoms with E-state index in [-0.39, 0.29) is 22.8 Å². The van der Waals surface area contributed by atoms with Crippen molar-refractivity contribution in [2.24, 2.45) is 5.92 Å². The van der Waals surface area contributed by atoms with Crippen LogP contribution in [0.1, 0.15) is 19.3 Å². The molecule has 0 radical (unpaired) electrons. The van der Waals surface area contributed by atoms with E-state index >= 15 is 0 Å². The lowest BCUT2D eigenvalue weighted by Gasteiger charge is -2.33. The second kappa shape index (κ2) is 11.3. The zero-order chi connectivity index (χ0) is 26.7. The van der Waals surface area contributed by atoms with Crippen molar-refractivity contribution in [3.63, 3.8) is 0 Å². The average Bonchev–Trinajstić information content (AvgIpc) is 3.32. The molecule has 0 saturated carbocycles. The van der Waals surface area contributed by atoms with Gasteiger partial charge in [0.15, 0.2) is 11.6 Å². The maximum Gasteiger partial charge on any atom is 0.243 e. The molecule has 0 amide bonds. The van der Waals surface area contributed by atoms with Crippen molar-refractivity contribution in [1.82, 2.24) is 19.2 Å². The first kappa shape index (κ1) is 26.4. The number of hydrogen-bond acceptors (Lipinski definition) is 8. The fourth-order valence-corrected chi connectivity index (χ4v) is 6.32. The molecule has 5 rings (SSSR count). The molecule has 1 atom stereocenters. The summed E-state index contributed by atoms with van der Waals surface area (Å²) in [6.07, 6.45) is 3.15. The maximum absolute atomic E-state index is 14.2. The Kier molecular flexibility index (Phi) is 7.84. The molecule has 1 aromatic heterocycles. The molecular formula is C26H30F2N6O3S. The molecule has 2 saturated heterocycles. The molecule has 3 aromatic rings. The molecule has 2 fully saturated rings. The quantitative estimate of drug-likeness (QED) is 0.394.